The molecule has 1 aliphatic rings. The standard InChI is InChI=1S/C51H34N4O2/c1-3-14-31(15-4-1)49-52-50(32-16-5-2-6-17-32)54-51(53-49)39-23-13-27-45-46(39)40-30-33(28-29-44(40)56-45)34-20-11-21-37-38-22-12-26-43(48(38)57-47(34)37)55-41-24-9-7-18-35(41)36-19-8-10-25-42(36)55/h1-30,49,51,53H,(H,52,54). The molecule has 4 heterocycles. The summed E-state index contributed by atoms with van der Waals surface area (Å²) in [6, 6.07) is 63.6. The molecule has 0 bridgehead atoms. The second-order valence-corrected chi connectivity index (χ2v) is 14.7. The molecule has 0 fully saturated rings. The number of furan rings is 2. The van der Waals surface area contributed by atoms with Gasteiger partial charge in [0.1, 0.15) is 34.9 Å². The highest BCUT2D eigenvalue weighted by Crippen LogP contribution is 2.43. The summed E-state index contributed by atoms with van der Waals surface area (Å²) >= 11 is 0. The Morgan fingerprint density at radius 2 is 1.16 bits per heavy atom. The number of rotatable bonds is 5. The van der Waals surface area contributed by atoms with Crippen LogP contribution in [0.25, 0.3) is 82.5 Å². The first-order valence-electron chi connectivity index (χ1n) is 19.4. The molecule has 8 aromatic carbocycles. The largest absolute Gasteiger partial charge is 0.456 e. The van der Waals surface area contributed by atoms with E-state index in [1.165, 1.54) is 10.8 Å². The fourth-order valence-electron chi connectivity index (χ4n) is 8.92. The van der Waals surface area contributed by atoms with E-state index in [0.717, 1.165) is 94.3 Å². The Morgan fingerprint density at radius 3 is 1.95 bits per heavy atom. The van der Waals surface area contributed by atoms with Gasteiger partial charge in [-0.3, -0.25) is 5.32 Å². The lowest BCUT2D eigenvalue weighted by atomic mass is 9.98. The molecule has 0 radical (unpaired) electrons. The van der Waals surface area contributed by atoms with Crippen LogP contribution in [0.1, 0.15) is 29.0 Å². The van der Waals surface area contributed by atoms with Crippen molar-refractivity contribution in [3.05, 3.63) is 199 Å². The molecule has 6 nitrogen and oxygen atoms in total. The molecule has 12 rings (SSSR count). The highest BCUT2D eigenvalue weighted by Gasteiger charge is 2.28. The summed E-state index contributed by atoms with van der Waals surface area (Å²) in [6.45, 7) is 0. The van der Waals surface area contributed by atoms with Crippen LogP contribution in [0.15, 0.2) is 196 Å². The minimum atomic E-state index is -0.242. The number of hydrogen-bond acceptors (Lipinski definition) is 5. The normalized spacial score (nSPS) is 15.9. The zero-order valence-corrected chi connectivity index (χ0v) is 30.7. The molecule has 11 aromatic rings. The van der Waals surface area contributed by atoms with Gasteiger partial charge in [-0.2, -0.15) is 0 Å². The lowest BCUT2D eigenvalue weighted by molar-refractivity contribution is 0.411. The number of hydrogen-bond donors (Lipinski definition) is 2. The van der Waals surface area contributed by atoms with Crippen molar-refractivity contribution >= 4 is 71.5 Å². The zero-order valence-electron chi connectivity index (χ0n) is 30.7. The molecule has 3 aromatic heterocycles. The molecule has 2 atom stereocenters. The number of fused-ring (bicyclic) bond motifs is 9. The Kier molecular flexibility index (Phi) is 7.03. The van der Waals surface area contributed by atoms with Gasteiger partial charge in [-0.25, -0.2) is 4.99 Å². The fourth-order valence-corrected chi connectivity index (χ4v) is 8.92. The zero-order chi connectivity index (χ0) is 37.5. The van der Waals surface area contributed by atoms with E-state index in [-0.39, 0.29) is 12.3 Å². The second kappa shape index (κ2) is 12.6. The number of nitrogens with zero attached hydrogens (tertiary/aromatic N) is 2. The van der Waals surface area contributed by atoms with Crippen LogP contribution in [-0.2, 0) is 0 Å². The molecule has 0 aliphatic carbocycles. The highest BCUT2D eigenvalue weighted by atomic mass is 16.3. The van der Waals surface area contributed by atoms with E-state index in [9.17, 15) is 0 Å². The first-order chi connectivity index (χ1) is 28.3. The molecule has 0 saturated heterocycles. The maximum atomic E-state index is 7.02. The third kappa shape index (κ3) is 4.98. The summed E-state index contributed by atoms with van der Waals surface area (Å²) in [6.07, 6.45) is -0.483. The smallest absolute Gasteiger partial charge is 0.159 e. The Bertz CT molecular complexity index is 3320. The number of aromatic nitrogens is 1. The van der Waals surface area contributed by atoms with Gasteiger partial charge in [0.2, 0.25) is 0 Å². The number of para-hydroxylation sites is 4. The van der Waals surface area contributed by atoms with E-state index < -0.39 is 0 Å². The monoisotopic (exact) mass is 734 g/mol. The summed E-state index contributed by atoms with van der Waals surface area (Å²) in [4.78, 5) is 5.14. The van der Waals surface area contributed by atoms with Crippen molar-refractivity contribution < 1.29 is 8.83 Å². The molecule has 0 saturated carbocycles. The van der Waals surface area contributed by atoms with Gasteiger partial charge in [-0.15, -0.1) is 0 Å². The number of nitrogens with one attached hydrogen (secondary N) is 2. The van der Waals surface area contributed by atoms with Gasteiger partial charge < -0.3 is 18.7 Å². The first kappa shape index (κ1) is 31.9. The maximum absolute atomic E-state index is 7.02. The number of amidine groups is 1. The Morgan fingerprint density at radius 1 is 0.491 bits per heavy atom. The number of benzene rings is 8. The Labute approximate surface area is 327 Å². The predicted molar refractivity (Wildman–Crippen MR) is 232 cm³/mol. The lowest BCUT2D eigenvalue weighted by Gasteiger charge is -2.32. The van der Waals surface area contributed by atoms with E-state index in [4.69, 9.17) is 13.8 Å². The summed E-state index contributed by atoms with van der Waals surface area (Å²) in [5.74, 6) is 0.843. The van der Waals surface area contributed by atoms with Crippen LogP contribution in [0.4, 0.5) is 0 Å². The third-order valence-electron chi connectivity index (χ3n) is 11.5. The molecule has 6 heteroatoms. The molecule has 2 N–H and O–H groups in total. The van der Waals surface area contributed by atoms with Crippen LogP contribution in [0, 0.1) is 0 Å². The van der Waals surface area contributed by atoms with Gasteiger partial charge in [0.25, 0.3) is 0 Å². The van der Waals surface area contributed by atoms with Crippen LogP contribution in [-0.4, -0.2) is 10.4 Å². The average Bonchev–Trinajstić information content (AvgIpc) is 3.96. The fraction of sp³-hybridized carbons (Fsp3) is 0.0392. The van der Waals surface area contributed by atoms with E-state index >= 15 is 0 Å². The summed E-state index contributed by atoms with van der Waals surface area (Å²) in [5.41, 5.74) is 12.0. The van der Waals surface area contributed by atoms with Crippen molar-refractivity contribution in [2.45, 2.75) is 12.3 Å². The van der Waals surface area contributed by atoms with Gasteiger partial charge in [-0.05, 0) is 47.5 Å². The van der Waals surface area contributed by atoms with Gasteiger partial charge in [-0.1, -0.05) is 146 Å². The van der Waals surface area contributed by atoms with Crippen molar-refractivity contribution in [1.29, 1.82) is 0 Å². The van der Waals surface area contributed by atoms with Gasteiger partial charge >= 0.3 is 0 Å². The lowest BCUT2D eigenvalue weighted by Crippen LogP contribution is -2.45. The number of aliphatic imine (C=N–C) groups is 1. The van der Waals surface area contributed by atoms with E-state index in [1.807, 2.05) is 24.3 Å². The van der Waals surface area contributed by atoms with E-state index in [0.29, 0.717) is 0 Å². The van der Waals surface area contributed by atoms with Crippen LogP contribution in [0.5, 0.6) is 0 Å². The third-order valence-corrected chi connectivity index (χ3v) is 11.5. The van der Waals surface area contributed by atoms with Crippen LogP contribution in [0.2, 0.25) is 0 Å². The van der Waals surface area contributed by atoms with Gasteiger partial charge in [0.05, 0.1) is 16.7 Å². The van der Waals surface area contributed by atoms with Crippen molar-refractivity contribution in [3.8, 4) is 16.8 Å². The van der Waals surface area contributed by atoms with Crippen molar-refractivity contribution in [2.75, 3.05) is 0 Å². The van der Waals surface area contributed by atoms with Crippen molar-refractivity contribution in [1.82, 2.24) is 15.2 Å². The first-order valence-corrected chi connectivity index (χ1v) is 19.4. The Hall–Kier alpha value is -7.41. The van der Waals surface area contributed by atoms with Gasteiger partial charge in [0.15, 0.2) is 5.58 Å². The van der Waals surface area contributed by atoms with Crippen LogP contribution >= 0.6 is 0 Å². The maximum Gasteiger partial charge on any atom is 0.159 e. The predicted octanol–water partition coefficient (Wildman–Crippen LogP) is 12.6. The average molecular weight is 735 g/mol. The molecule has 57 heavy (non-hydrogen) atoms. The molecule has 2 unspecified atom stereocenters. The second-order valence-electron chi connectivity index (χ2n) is 14.7. The minimum absolute atomic E-state index is 0.241. The SMILES string of the molecule is c1ccc(C2=NC(c3ccccc3)NC(c3cccc4oc5ccc(-c6cccc7c6oc6c(-n8c9ccccc9c9ccccc98)cccc67)cc5c34)N2)cc1. The highest BCUT2D eigenvalue weighted by molar-refractivity contribution is 6.15. The van der Waals surface area contributed by atoms with Crippen molar-refractivity contribution in [2.24, 2.45) is 4.99 Å². The summed E-state index contributed by atoms with van der Waals surface area (Å²) in [7, 11) is 0. The molecular formula is C51H34N4O2. The van der Waals surface area contributed by atoms with Crippen LogP contribution in [0.3, 0.4) is 0 Å². The summed E-state index contributed by atoms with van der Waals surface area (Å²) < 4.78 is 15.9. The molecule has 0 amide bonds. The van der Waals surface area contributed by atoms with Gasteiger partial charge in [0, 0.05) is 49.0 Å². The molecule has 270 valence electrons. The summed E-state index contributed by atoms with van der Waals surface area (Å²) in [5, 5.41) is 14.3. The topological polar surface area (TPSA) is 67.6 Å². The van der Waals surface area contributed by atoms with E-state index in [1.54, 1.807) is 0 Å². The Balaban J connectivity index is 1.02. The molecular weight excluding hydrogens is 701 g/mol. The van der Waals surface area contributed by atoms with E-state index in [2.05, 4.69) is 173 Å². The van der Waals surface area contributed by atoms with Crippen LogP contribution < -0.4 is 10.6 Å². The quantitative estimate of drug-likeness (QED) is 0.185. The molecule has 1 aliphatic heterocycles. The minimum Gasteiger partial charge on any atom is -0.456 e. The molecule has 0 spiro atoms. The van der Waals surface area contributed by atoms with Crippen molar-refractivity contribution in [3.63, 3.8) is 0 Å².